The summed E-state index contributed by atoms with van der Waals surface area (Å²) in [5.74, 6) is 2.51. The van der Waals surface area contributed by atoms with Crippen LogP contribution in [-0.4, -0.2) is 27.0 Å². The highest BCUT2D eigenvalue weighted by atomic mass is 32.2. The molecule has 0 saturated heterocycles. The van der Waals surface area contributed by atoms with Crippen LogP contribution in [-0.2, 0) is 24.1 Å². The molecule has 2 aromatic rings. The van der Waals surface area contributed by atoms with E-state index in [4.69, 9.17) is 9.72 Å². The minimum absolute atomic E-state index is 0.612. The van der Waals surface area contributed by atoms with Crippen LogP contribution in [0.2, 0.25) is 0 Å². The Morgan fingerprint density at radius 1 is 1.38 bits per heavy atom. The van der Waals surface area contributed by atoms with Gasteiger partial charge in [-0.25, -0.2) is 4.98 Å². The Bertz CT molecular complexity index is 616. The van der Waals surface area contributed by atoms with Crippen LogP contribution in [0.4, 0.5) is 0 Å². The van der Waals surface area contributed by atoms with E-state index in [-0.39, 0.29) is 0 Å². The number of fused-ring (bicyclic) bond motifs is 1. The fraction of sp³-hybridized carbons (Fsp3) is 0.438. The van der Waals surface area contributed by atoms with Crippen molar-refractivity contribution in [3.8, 4) is 17.0 Å². The molecule has 1 unspecified atom stereocenters. The number of benzene rings is 1. The largest absolute Gasteiger partial charge is 0.611 e. The number of aryl methyl sites for hydroxylation is 2. The molecule has 0 saturated carbocycles. The maximum absolute atomic E-state index is 11.9. The van der Waals surface area contributed by atoms with Crippen molar-refractivity contribution in [2.24, 2.45) is 0 Å². The van der Waals surface area contributed by atoms with Gasteiger partial charge in [0.15, 0.2) is 4.90 Å². The Balaban J connectivity index is 1.99. The molecule has 1 aromatic heterocycles. The monoisotopic (exact) mass is 304 g/mol. The summed E-state index contributed by atoms with van der Waals surface area (Å²) in [6.45, 7) is 2.96. The van der Waals surface area contributed by atoms with Crippen molar-refractivity contribution in [2.75, 3.05) is 12.9 Å². The minimum Gasteiger partial charge on any atom is -0.611 e. The zero-order chi connectivity index (χ0) is 14.8. The third kappa shape index (κ3) is 2.80. The summed E-state index contributed by atoms with van der Waals surface area (Å²) in [6, 6.07) is 5.75. The van der Waals surface area contributed by atoms with Crippen LogP contribution in [0.25, 0.3) is 11.3 Å². The lowest BCUT2D eigenvalue weighted by atomic mass is 10.1. The van der Waals surface area contributed by atoms with Gasteiger partial charge in [-0.05, 0) is 43.1 Å². The number of hydrogen-bond donors (Lipinski definition) is 0. The Morgan fingerprint density at radius 2 is 2.24 bits per heavy atom. The minimum atomic E-state index is -0.965. The second-order valence-corrected chi connectivity index (χ2v) is 6.93. The lowest BCUT2D eigenvalue weighted by Gasteiger charge is -2.12. The first-order valence-electron chi connectivity index (χ1n) is 7.35. The fourth-order valence-corrected chi connectivity index (χ4v) is 3.53. The van der Waals surface area contributed by atoms with Crippen molar-refractivity contribution in [1.82, 2.24) is 9.55 Å². The highest BCUT2D eigenvalue weighted by Gasteiger charge is 2.18. The van der Waals surface area contributed by atoms with E-state index in [1.807, 2.05) is 25.1 Å². The van der Waals surface area contributed by atoms with Crippen molar-refractivity contribution >= 4 is 11.2 Å². The number of imidazole rings is 1. The molecule has 0 bridgehead atoms. The molecule has 1 aliphatic heterocycles. The third-order valence-electron chi connectivity index (χ3n) is 3.88. The molecule has 3 rings (SSSR count). The first-order chi connectivity index (χ1) is 10.2. The molecule has 1 aliphatic rings. The van der Waals surface area contributed by atoms with Crippen LogP contribution in [0.3, 0.4) is 0 Å². The van der Waals surface area contributed by atoms with E-state index in [1.54, 1.807) is 7.11 Å². The molecule has 4 nitrogen and oxygen atoms in total. The number of nitrogens with zero attached hydrogens (tertiary/aromatic N) is 2. The second kappa shape index (κ2) is 6.12. The summed E-state index contributed by atoms with van der Waals surface area (Å²) in [6.07, 6.45) is 5.57. The predicted octanol–water partition coefficient (Wildman–Crippen LogP) is 3.02. The molecule has 0 fully saturated rings. The number of rotatable bonds is 4. The van der Waals surface area contributed by atoms with Crippen LogP contribution in [0.15, 0.2) is 29.3 Å². The van der Waals surface area contributed by atoms with E-state index in [9.17, 15) is 4.55 Å². The van der Waals surface area contributed by atoms with Gasteiger partial charge in [0.2, 0.25) is 0 Å². The smallest absolute Gasteiger partial charge is 0.156 e. The Morgan fingerprint density at radius 3 is 2.95 bits per heavy atom. The maximum Gasteiger partial charge on any atom is 0.156 e. The molecule has 0 N–H and O–H groups in total. The molecular weight excluding hydrogens is 284 g/mol. The molecule has 0 spiro atoms. The van der Waals surface area contributed by atoms with Crippen molar-refractivity contribution < 1.29 is 9.29 Å². The lowest BCUT2D eigenvalue weighted by molar-refractivity contribution is 0.415. The van der Waals surface area contributed by atoms with E-state index in [2.05, 4.69) is 10.8 Å². The summed E-state index contributed by atoms with van der Waals surface area (Å²) in [5, 5.41) is 0. The van der Waals surface area contributed by atoms with Crippen LogP contribution in [0.5, 0.6) is 5.75 Å². The van der Waals surface area contributed by atoms with Crippen LogP contribution >= 0.6 is 0 Å². The summed E-state index contributed by atoms with van der Waals surface area (Å²) < 4.78 is 19.6. The molecule has 21 heavy (non-hydrogen) atoms. The topological polar surface area (TPSA) is 50.1 Å². The summed E-state index contributed by atoms with van der Waals surface area (Å²) in [4.78, 5) is 5.54. The van der Waals surface area contributed by atoms with Gasteiger partial charge in [0.1, 0.15) is 17.3 Å². The molecule has 112 valence electrons. The number of ether oxygens (including phenoxy) is 1. The average Bonchev–Trinajstić information content (AvgIpc) is 2.97. The van der Waals surface area contributed by atoms with Gasteiger partial charge < -0.3 is 13.9 Å². The molecule has 1 atom stereocenters. The van der Waals surface area contributed by atoms with Gasteiger partial charge in [0.05, 0.1) is 12.8 Å². The molecule has 0 amide bonds. The standard InChI is InChI=1S/C16H20N2O2S/c1-3-21(19)12-7-8-13(15(10-12)20-2)14-11-18-9-5-4-6-16(18)17-14/h7-8,10-11H,3-6,9H2,1-2H3. The molecule has 0 aliphatic carbocycles. The zero-order valence-electron chi connectivity index (χ0n) is 12.5. The van der Waals surface area contributed by atoms with Crippen molar-refractivity contribution in [1.29, 1.82) is 0 Å². The van der Waals surface area contributed by atoms with E-state index in [0.29, 0.717) is 5.75 Å². The Hall–Kier alpha value is -1.46. The van der Waals surface area contributed by atoms with Gasteiger partial charge >= 0.3 is 0 Å². The first kappa shape index (κ1) is 14.5. The highest BCUT2D eigenvalue weighted by Crippen LogP contribution is 2.32. The maximum atomic E-state index is 11.9. The Kier molecular flexibility index (Phi) is 4.22. The zero-order valence-corrected chi connectivity index (χ0v) is 13.3. The summed E-state index contributed by atoms with van der Waals surface area (Å²) in [7, 11) is 1.65. The van der Waals surface area contributed by atoms with E-state index < -0.39 is 11.2 Å². The van der Waals surface area contributed by atoms with Crippen molar-refractivity contribution in [3.63, 3.8) is 0 Å². The quantitative estimate of drug-likeness (QED) is 0.816. The van der Waals surface area contributed by atoms with E-state index in [1.165, 1.54) is 12.8 Å². The first-order valence-corrected chi connectivity index (χ1v) is 8.67. The van der Waals surface area contributed by atoms with Gasteiger partial charge in [-0.15, -0.1) is 0 Å². The fourth-order valence-electron chi connectivity index (χ4n) is 2.73. The average molecular weight is 304 g/mol. The van der Waals surface area contributed by atoms with E-state index in [0.717, 1.165) is 40.7 Å². The summed E-state index contributed by atoms with van der Waals surface area (Å²) >= 11 is -0.965. The highest BCUT2D eigenvalue weighted by molar-refractivity contribution is 7.91. The van der Waals surface area contributed by atoms with Gasteiger partial charge in [-0.3, -0.25) is 0 Å². The number of aromatic nitrogens is 2. The van der Waals surface area contributed by atoms with Crippen LogP contribution in [0, 0.1) is 0 Å². The summed E-state index contributed by atoms with van der Waals surface area (Å²) in [5.41, 5.74) is 1.91. The van der Waals surface area contributed by atoms with Gasteiger partial charge in [0.25, 0.3) is 0 Å². The normalized spacial score (nSPS) is 15.6. The van der Waals surface area contributed by atoms with E-state index >= 15 is 0 Å². The number of hydrogen-bond acceptors (Lipinski definition) is 3. The van der Waals surface area contributed by atoms with Gasteiger partial charge in [-0.2, -0.15) is 0 Å². The molecule has 2 heterocycles. The van der Waals surface area contributed by atoms with Crippen molar-refractivity contribution in [3.05, 3.63) is 30.2 Å². The molecule has 0 radical (unpaired) electrons. The lowest BCUT2D eigenvalue weighted by Crippen LogP contribution is -2.08. The molecular formula is C16H20N2O2S. The predicted molar refractivity (Wildman–Crippen MR) is 84.1 cm³/mol. The SMILES string of the molecule is CC[S+]([O-])c1ccc(-c2cn3c(n2)CCCC3)c(OC)c1. The molecule has 1 aromatic carbocycles. The molecule has 5 heteroatoms. The van der Waals surface area contributed by atoms with Gasteiger partial charge in [-0.1, -0.05) is 0 Å². The van der Waals surface area contributed by atoms with Crippen molar-refractivity contribution in [2.45, 2.75) is 37.6 Å². The Labute approximate surface area is 128 Å². The van der Waals surface area contributed by atoms with Gasteiger partial charge in [0, 0.05) is 30.8 Å². The second-order valence-electron chi connectivity index (χ2n) is 5.19. The third-order valence-corrected chi connectivity index (χ3v) is 5.19. The van der Waals surface area contributed by atoms with Crippen LogP contribution in [0.1, 0.15) is 25.6 Å². The van der Waals surface area contributed by atoms with Crippen LogP contribution < -0.4 is 4.74 Å². The number of methoxy groups -OCH3 is 1.